The van der Waals surface area contributed by atoms with Crippen LogP contribution < -0.4 is 10.6 Å². The molecule has 2 N–H and O–H groups in total. The number of amides is 1. The van der Waals surface area contributed by atoms with Crippen molar-refractivity contribution in [2.75, 3.05) is 27.2 Å². The largest absolute Gasteiger partial charge is 0.356 e. The first kappa shape index (κ1) is 21.9. The first-order valence-corrected chi connectivity index (χ1v) is 9.54. The van der Waals surface area contributed by atoms with Crippen molar-refractivity contribution in [2.45, 2.75) is 19.9 Å². The molecule has 2 aromatic heterocycles. The highest BCUT2D eigenvalue weighted by atomic mass is 127. The van der Waals surface area contributed by atoms with Crippen LogP contribution in [0.1, 0.15) is 14.6 Å². The van der Waals surface area contributed by atoms with E-state index in [1.807, 2.05) is 0 Å². The van der Waals surface area contributed by atoms with Crippen LogP contribution in [0.15, 0.2) is 34.6 Å². The van der Waals surface area contributed by atoms with Gasteiger partial charge in [-0.3, -0.25) is 4.79 Å². The molecule has 5 nitrogen and oxygen atoms in total. The first-order valence-electron chi connectivity index (χ1n) is 7.84. The van der Waals surface area contributed by atoms with E-state index in [1.165, 1.54) is 14.6 Å². The predicted molar refractivity (Wildman–Crippen MR) is 118 cm³/mol. The van der Waals surface area contributed by atoms with Crippen LogP contribution in [0.4, 0.5) is 0 Å². The molecule has 0 atom stereocenters. The maximum absolute atomic E-state index is 11.8. The third-order valence-corrected chi connectivity index (χ3v) is 5.28. The van der Waals surface area contributed by atoms with Gasteiger partial charge in [-0.1, -0.05) is 6.07 Å². The molecule has 138 valence electrons. The average Bonchev–Trinajstić information content (AvgIpc) is 3.20. The summed E-state index contributed by atoms with van der Waals surface area (Å²) < 4.78 is 0. The van der Waals surface area contributed by atoms with Gasteiger partial charge >= 0.3 is 0 Å². The van der Waals surface area contributed by atoms with Crippen LogP contribution in [-0.2, 0) is 17.8 Å². The van der Waals surface area contributed by atoms with Crippen LogP contribution in [0.2, 0.25) is 0 Å². The molecular weight excluding hydrogens is 467 g/mol. The number of aryl methyl sites for hydroxylation is 1. The van der Waals surface area contributed by atoms with E-state index in [2.05, 4.69) is 52.2 Å². The van der Waals surface area contributed by atoms with Crippen LogP contribution >= 0.6 is 46.7 Å². The minimum absolute atomic E-state index is 0. The van der Waals surface area contributed by atoms with Gasteiger partial charge in [0.1, 0.15) is 6.54 Å². The summed E-state index contributed by atoms with van der Waals surface area (Å²) in [5.74, 6) is 0.661. The molecule has 0 spiro atoms. The van der Waals surface area contributed by atoms with Gasteiger partial charge in [-0.2, -0.15) is 0 Å². The number of nitrogens with one attached hydrogen (secondary N) is 2. The quantitative estimate of drug-likeness (QED) is 0.355. The molecule has 0 unspecified atom stereocenters. The number of halogens is 1. The van der Waals surface area contributed by atoms with Gasteiger partial charge in [-0.25, -0.2) is 4.99 Å². The summed E-state index contributed by atoms with van der Waals surface area (Å²) in [5.41, 5.74) is 0. The van der Waals surface area contributed by atoms with Crippen LogP contribution in [0.5, 0.6) is 0 Å². The van der Waals surface area contributed by atoms with Gasteiger partial charge < -0.3 is 15.5 Å². The number of carbonyl (C=O) groups is 1. The first-order chi connectivity index (χ1) is 11.5. The minimum atomic E-state index is -0.0127. The van der Waals surface area contributed by atoms with Gasteiger partial charge in [0.05, 0.1) is 6.54 Å². The average molecular weight is 492 g/mol. The molecule has 2 rings (SSSR count). The second-order valence-electron chi connectivity index (χ2n) is 5.58. The monoisotopic (exact) mass is 492 g/mol. The predicted octanol–water partition coefficient (Wildman–Crippen LogP) is 3.10. The van der Waals surface area contributed by atoms with Gasteiger partial charge in [-0.05, 0) is 36.9 Å². The number of nitrogens with zero attached hydrogens (tertiary/aromatic N) is 2. The highest BCUT2D eigenvalue weighted by Gasteiger charge is 2.05. The van der Waals surface area contributed by atoms with Crippen molar-refractivity contribution < 1.29 is 4.79 Å². The standard InChI is InChI=1S/C17H24N4OS2.HI/c1-13-6-7-15(24-13)11-19-17(20-12-16(22)21(2)3)18-9-8-14-5-4-10-23-14;/h4-7,10H,8-9,11-12H2,1-3H3,(H2,18,19,20);1H. The fourth-order valence-corrected chi connectivity index (χ4v) is 3.51. The van der Waals surface area contributed by atoms with Crippen LogP contribution in [0.3, 0.4) is 0 Å². The molecule has 1 amide bonds. The van der Waals surface area contributed by atoms with E-state index >= 15 is 0 Å². The Morgan fingerprint density at radius 2 is 2.00 bits per heavy atom. The highest BCUT2D eigenvalue weighted by molar-refractivity contribution is 14.0. The lowest BCUT2D eigenvalue weighted by atomic mass is 10.3. The zero-order valence-electron chi connectivity index (χ0n) is 14.7. The van der Waals surface area contributed by atoms with Crippen molar-refractivity contribution in [3.63, 3.8) is 0 Å². The van der Waals surface area contributed by atoms with E-state index in [9.17, 15) is 4.79 Å². The maximum atomic E-state index is 11.8. The number of rotatable bonds is 7. The number of carbonyl (C=O) groups excluding carboxylic acids is 1. The van der Waals surface area contributed by atoms with E-state index in [0.29, 0.717) is 12.5 Å². The summed E-state index contributed by atoms with van der Waals surface area (Å²) in [5, 5.41) is 8.70. The number of thiophene rings is 2. The Labute approximate surface area is 174 Å². The van der Waals surface area contributed by atoms with Gasteiger partial charge in [0.2, 0.25) is 5.91 Å². The van der Waals surface area contributed by atoms with Crippen molar-refractivity contribution in [1.82, 2.24) is 15.5 Å². The molecule has 0 bridgehead atoms. The van der Waals surface area contributed by atoms with E-state index < -0.39 is 0 Å². The Kier molecular flexibility index (Phi) is 10.1. The Hall–Kier alpha value is -1.13. The molecule has 0 radical (unpaired) electrons. The molecule has 8 heteroatoms. The smallest absolute Gasteiger partial charge is 0.243 e. The molecule has 0 saturated carbocycles. The lowest BCUT2D eigenvalue weighted by molar-refractivity contribution is -0.127. The van der Waals surface area contributed by atoms with Crippen LogP contribution in [0, 0.1) is 6.92 Å². The van der Waals surface area contributed by atoms with Crippen LogP contribution in [0.25, 0.3) is 0 Å². The van der Waals surface area contributed by atoms with Gasteiger partial charge in [0.25, 0.3) is 0 Å². The lowest BCUT2D eigenvalue weighted by Gasteiger charge is -2.13. The SMILES string of the molecule is Cc1ccc(CNC(=NCC(=O)N(C)C)NCCc2cccs2)s1.I. The molecule has 0 aliphatic heterocycles. The summed E-state index contributed by atoms with van der Waals surface area (Å²) in [4.78, 5) is 21.6. The van der Waals surface area contributed by atoms with Gasteiger partial charge in [0.15, 0.2) is 5.96 Å². The molecular formula is C17H25IN4OS2. The summed E-state index contributed by atoms with van der Waals surface area (Å²) in [6.07, 6.45) is 0.943. The van der Waals surface area contributed by atoms with Crippen molar-refractivity contribution >= 4 is 58.5 Å². The number of aliphatic imine (C=N–C) groups is 1. The Bertz CT molecular complexity index is 668. The molecule has 2 aromatic rings. The molecule has 25 heavy (non-hydrogen) atoms. The van der Waals surface area contributed by atoms with Crippen molar-refractivity contribution in [3.8, 4) is 0 Å². The second kappa shape index (κ2) is 11.5. The molecule has 0 aliphatic carbocycles. The molecule has 0 aliphatic rings. The van der Waals surface area contributed by atoms with E-state index in [4.69, 9.17) is 0 Å². The summed E-state index contributed by atoms with van der Waals surface area (Å²) in [7, 11) is 3.48. The summed E-state index contributed by atoms with van der Waals surface area (Å²) in [6.45, 7) is 3.73. The number of guanidine groups is 1. The Morgan fingerprint density at radius 1 is 1.20 bits per heavy atom. The maximum Gasteiger partial charge on any atom is 0.243 e. The highest BCUT2D eigenvalue weighted by Crippen LogP contribution is 2.14. The fraction of sp³-hybridized carbons (Fsp3) is 0.412. The molecule has 0 aromatic carbocycles. The normalized spacial score (nSPS) is 10.9. The topological polar surface area (TPSA) is 56.7 Å². The van der Waals surface area contributed by atoms with E-state index in [1.54, 1.807) is 41.7 Å². The van der Waals surface area contributed by atoms with Gasteiger partial charge in [0, 0.05) is 35.3 Å². The molecule has 2 heterocycles. The third kappa shape index (κ3) is 8.19. The van der Waals surface area contributed by atoms with Crippen molar-refractivity contribution in [3.05, 3.63) is 44.3 Å². The summed E-state index contributed by atoms with van der Waals surface area (Å²) in [6, 6.07) is 8.40. The number of likely N-dealkylation sites (N-methyl/N-ethyl adjacent to an activating group) is 1. The minimum Gasteiger partial charge on any atom is -0.356 e. The zero-order chi connectivity index (χ0) is 17.4. The molecule has 0 fully saturated rings. The zero-order valence-corrected chi connectivity index (χ0v) is 18.7. The van der Waals surface area contributed by atoms with E-state index in [-0.39, 0.29) is 36.4 Å². The van der Waals surface area contributed by atoms with E-state index in [0.717, 1.165) is 13.0 Å². The lowest BCUT2D eigenvalue weighted by Crippen LogP contribution is -2.39. The number of hydrogen-bond acceptors (Lipinski definition) is 4. The third-order valence-electron chi connectivity index (χ3n) is 3.34. The van der Waals surface area contributed by atoms with Crippen molar-refractivity contribution in [1.29, 1.82) is 0 Å². The summed E-state index contributed by atoms with van der Waals surface area (Å²) >= 11 is 3.51. The Morgan fingerprint density at radius 3 is 2.60 bits per heavy atom. The van der Waals surface area contributed by atoms with Gasteiger partial charge in [-0.15, -0.1) is 46.7 Å². The Balaban J connectivity index is 0.00000312. The number of hydrogen-bond donors (Lipinski definition) is 2. The molecule has 0 saturated heterocycles. The second-order valence-corrected chi connectivity index (χ2v) is 7.98. The fourth-order valence-electron chi connectivity index (χ4n) is 1.97. The van der Waals surface area contributed by atoms with Crippen molar-refractivity contribution in [2.24, 2.45) is 4.99 Å². The van der Waals surface area contributed by atoms with Crippen LogP contribution in [-0.4, -0.2) is 44.0 Å².